The molecule has 1 fully saturated rings. The Balaban J connectivity index is 0.00000242. The molecule has 22 heavy (non-hydrogen) atoms. The molecule has 0 saturated carbocycles. The highest BCUT2D eigenvalue weighted by Crippen LogP contribution is 2.12. The first kappa shape index (κ1) is 18.5. The molecule has 5 nitrogen and oxygen atoms in total. The monoisotopic (exact) mass is 325 g/mol. The van der Waals surface area contributed by atoms with Crippen LogP contribution < -0.4 is 16.0 Å². The van der Waals surface area contributed by atoms with E-state index in [1.54, 1.807) is 24.3 Å². The van der Waals surface area contributed by atoms with Crippen molar-refractivity contribution < 1.29 is 9.59 Å². The molecule has 0 radical (unpaired) electrons. The number of carbonyl (C=O) groups excluding carboxylic acids is 2. The molecule has 0 atom stereocenters. The number of hydrogen-bond donors (Lipinski definition) is 3. The highest BCUT2D eigenvalue weighted by molar-refractivity contribution is 5.96. The molecule has 3 N–H and O–H groups in total. The molecule has 0 aliphatic carbocycles. The van der Waals surface area contributed by atoms with Crippen LogP contribution in [0.2, 0.25) is 0 Å². The number of piperidine rings is 1. The van der Waals surface area contributed by atoms with E-state index in [9.17, 15) is 9.59 Å². The zero-order chi connectivity index (χ0) is 15.2. The molecule has 1 heterocycles. The summed E-state index contributed by atoms with van der Waals surface area (Å²) in [5, 5.41) is 9.13. The third kappa shape index (κ3) is 5.31. The summed E-state index contributed by atoms with van der Waals surface area (Å²) in [5.41, 5.74) is 1.34. The molecular formula is C16H24ClN3O2. The van der Waals surface area contributed by atoms with Gasteiger partial charge in [-0.15, -0.1) is 12.4 Å². The lowest BCUT2D eigenvalue weighted by atomic mass is 10.1. The van der Waals surface area contributed by atoms with Gasteiger partial charge in [-0.1, -0.05) is 13.8 Å². The van der Waals surface area contributed by atoms with E-state index < -0.39 is 0 Å². The van der Waals surface area contributed by atoms with Crippen LogP contribution in [0.1, 0.15) is 37.0 Å². The Bertz CT molecular complexity index is 497. The molecule has 122 valence electrons. The van der Waals surface area contributed by atoms with Crippen LogP contribution in [0.4, 0.5) is 5.69 Å². The topological polar surface area (TPSA) is 70.2 Å². The maximum absolute atomic E-state index is 12.1. The molecule has 6 heteroatoms. The Kier molecular flexibility index (Phi) is 7.35. The summed E-state index contributed by atoms with van der Waals surface area (Å²) in [6, 6.07) is 7.26. The second kappa shape index (κ2) is 8.76. The van der Waals surface area contributed by atoms with Gasteiger partial charge in [-0.2, -0.15) is 0 Å². The van der Waals surface area contributed by atoms with Crippen LogP contribution >= 0.6 is 12.4 Å². The first-order chi connectivity index (χ1) is 10.1. The average Bonchev–Trinajstić information content (AvgIpc) is 2.48. The van der Waals surface area contributed by atoms with Gasteiger partial charge >= 0.3 is 0 Å². The molecular weight excluding hydrogens is 302 g/mol. The van der Waals surface area contributed by atoms with Crippen LogP contribution in [-0.4, -0.2) is 30.9 Å². The zero-order valence-corrected chi connectivity index (χ0v) is 13.8. The number of anilines is 1. The van der Waals surface area contributed by atoms with Gasteiger partial charge in [0.05, 0.1) is 0 Å². The summed E-state index contributed by atoms with van der Waals surface area (Å²) < 4.78 is 0. The summed E-state index contributed by atoms with van der Waals surface area (Å²) in [7, 11) is 0. The maximum atomic E-state index is 12.1. The fourth-order valence-electron chi connectivity index (χ4n) is 2.23. The van der Waals surface area contributed by atoms with E-state index in [1.807, 2.05) is 13.8 Å². The zero-order valence-electron chi connectivity index (χ0n) is 13.0. The van der Waals surface area contributed by atoms with Crippen molar-refractivity contribution in [3.63, 3.8) is 0 Å². The fraction of sp³-hybridized carbons (Fsp3) is 0.500. The molecule has 0 spiro atoms. The van der Waals surface area contributed by atoms with Crippen molar-refractivity contribution >= 4 is 29.9 Å². The van der Waals surface area contributed by atoms with Gasteiger partial charge in [0.15, 0.2) is 0 Å². The quantitative estimate of drug-likeness (QED) is 0.794. The van der Waals surface area contributed by atoms with Gasteiger partial charge in [-0.25, -0.2) is 0 Å². The van der Waals surface area contributed by atoms with Crippen molar-refractivity contribution in [2.75, 3.05) is 18.4 Å². The molecule has 0 aromatic heterocycles. The van der Waals surface area contributed by atoms with Gasteiger partial charge < -0.3 is 16.0 Å². The van der Waals surface area contributed by atoms with Crippen LogP contribution in [0.3, 0.4) is 0 Å². The second-order valence-electron chi connectivity index (χ2n) is 5.72. The summed E-state index contributed by atoms with van der Waals surface area (Å²) >= 11 is 0. The number of hydrogen-bond acceptors (Lipinski definition) is 3. The van der Waals surface area contributed by atoms with Crippen molar-refractivity contribution in [2.45, 2.75) is 32.7 Å². The maximum Gasteiger partial charge on any atom is 0.251 e. The van der Waals surface area contributed by atoms with E-state index in [0.717, 1.165) is 25.9 Å². The molecule has 1 aromatic rings. The van der Waals surface area contributed by atoms with Crippen LogP contribution in [0, 0.1) is 5.92 Å². The first-order valence-electron chi connectivity index (χ1n) is 7.49. The Hall–Kier alpha value is -1.59. The molecule has 1 aliphatic heterocycles. The number of benzene rings is 1. The highest BCUT2D eigenvalue weighted by atomic mass is 35.5. The largest absolute Gasteiger partial charge is 0.349 e. The number of amides is 2. The highest BCUT2D eigenvalue weighted by Gasteiger charge is 2.16. The number of rotatable bonds is 4. The second-order valence-corrected chi connectivity index (χ2v) is 5.72. The summed E-state index contributed by atoms with van der Waals surface area (Å²) in [6.45, 7) is 5.59. The van der Waals surface area contributed by atoms with Crippen molar-refractivity contribution in [3.05, 3.63) is 29.8 Å². The Morgan fingerprint density at radius 3 is 2.27 bits per heavy atom. The summed E-state index contributed by atoms with van der Waals surface area (Å²) in [4.78, 5) is 23.7. The SMILES string of the molecule is CC(C)C(=O)Nc1ccc(C(=O)NC2CCNCC2)cc1.Cl. The minimum absolute atomic E-state index is 0. The van der Waals surface area contributed by atoms with Gasteiger partial charge in [0, 0.05) is 23.2 Å². The lowest BCUT2D eigenvalue weighted by Crippen LogP contribution is -2.42. The van der Waals surface area contributed by atoms with E-state index in [4.69, 9.17) is 0 Å². The third-order valence-electron chi connectivity index (χ3n) is 3.61. The summed E-state index contributed by atoms with van der Waals surface area (Å²) in [5.74, 6) is -0.140. The van der Waals surface area contributed by atoms with Crippen LogP contribution in [0.15, 0.2) is 24.3 Å². The molecule has 1 aliphatic rings. The van der Waals surface area contributed by atoms with Gasteiger partial charge in [0.1, 0.15) is 0 Å². The average molecular weight is 326 g/mol. The number of halogens is 1. The van der Waals surface area contributed by atoms with E-state index in [0.29, 0.717) is 11.3 Å². The molecule has 2 rings (SSSR count). The Morgan fingerprint density at radius 1 is 1.14 bits per heavy atom. The molecule has 1 aromatic carbocycles. The number of carbonyl (C=O) groups is 2. The smallest absolute Gasteiger partial charge is 0.251 e. The predicted octanol–water partition coefficient (Wildman–Crippen LogP) is 2.18. The minimum atomic E-state index is -0.0621. The lowest BCUT2D eigenvalue weighted by molar-refractivity contribution is -0.118. The van der Waals surface area contributed by atoms with Crippen LogP contribution in [-0.2, 0) is 4.79 Å². The van der Waals surface area contributed by atoms with E-state index in [1.165, 1.54) is 0 Å². The van der Waals surface area contributed by atoms with Crippen LogP contribution in [0.25, 0.3) is 0 Å². The Morgan fingerprint density at radius 2 is 1.73 bits per heavy atom. The normalized spacial score (nSPS) is 15.0. The summed E-state index contributed by atoms with van der Waals surface area (Å²) in [6.07, 6.45) is 1.93. The fourth-order valence-corrected chi connectivity index (χ4v) is 2.23. The van der Waals surface area contributed by atoms with Gasteiger partial charge in [0.2, 0.25) is 5.91 Å². The van der Waals surface area contributed by atoms with Crippen molar-refractivity contribution in [1.82, 2.24) is 10.6 Å². The van der Waals surface area contributed by atoms with Crippen molar-refractivity contribution in [3.8, 4) is 0 Å². The molecule has 0 unspecified atom stereocenters. The third-order valence-corrected chi connectivity index (χ3v) is 3.61. The minimum Gasteiger partial charge on any atom is -0.349 e. The molecule has 2 amide bonds. The van der Waals surface area contributed by atoms with Gasteiger partial charge in [0.25, 0.3) is 5.91 Å². The van der Waals surface area contributed by atoms with Crippen molar-refractivity contribution in [1.29, 1.82) is 0 Å². The van der Waals surface area contributed by atoms with Crippen molar-refractivity contribution in [2.24, 2.45) is 5.92 Å². The Labute approximate surface area is 137 Å². The van der Waals surface area contributed by atoms with Gasteiger partial charge in [-0.05, 0) is 50.2 Å². The number of nitrogens with one attached hydrogen (secondary N) is 3. The van der Waals surface area contributed by atoms with E-state index in [-0.39, 0.29) is 36.2 Å². The van der Waals surface area contributed by atoms with Gasteiger partial charge in [-0.3, -0.25) is 9.59 Å². The van der Waals surface area contributed by atoms with Crippen LogP contribution in [0.5, 0.6) is 0 Å². The van der Waals surface area contributed by atoms with E-state index in [2.05, 4.69) is 16.0 Å². The standard InChI is InChI=1S/C16H23N3O2.ClH/c1-11(2)15(20)18-13-5-3-12(4-6-13)16(21)19-14-7-9-17-10-8-14;/h3-6,11,14,17H,7-10H2,1-2H3,(H,18,20)(H,19,21);1H. The molecule has 0 bridgehead atoms. The van der Waals surface area contributed by atoms with E-state index >= 15 is 0 Å². The predicted molar refractivity (Wildman–Crippen MR) is 90.5 cm³/mol. The first-order valence-corrected chi connectivity index (χ1v) is 7.49. The lowest BCUT2D eigenvalue weighted by Gasteiger charge is -2.23. The molecule has 1 saturated heterocycles.